The fourth-order valence-electron chi connectivity index (χ4n) is 3.13. The predicted molar refractivity (Wildman–Crippen MR) is 105 cm³/mol. The van der Waals surface area contributed by atoms with Gasteiger partial charge in [0.1, 0.15) is 0 Å². The van der Waals surface area contributed by atoms with E-state index in [0.717, 1.165) is 17.7 Å². The fourth-order valence-corrected chi connectivity index (χ4v) is 3.13. The average Bonchev–Trinajstić information content (AvgIpc) is 3.12. The molecule has 1 aliphatic heterocycles. The van der Waals surface area contributed by atoms with Gasteiger partial charge in [-0.2, -0.15) is 0 Å². The number of carbonyl (C=O) groups is 2. The number of nitrogens with zero attached hydrogens (tertiary/aromatic N) is 2. The molecule has 1 aliphatic rings. The van der Waals surface area contributed by atoms with Gasteiger partial charge in [-0.15, -0.1) is 0 Å². The third-order valence-electron chi connectivity index (χ3n) is 4.42. The quantitative estimate of drug-likeness (QED) is 0.745. The minimum absolute atomic E-state index is 0.0901. The molecule has 0 bridgehead atoms. The lowest BCUT2D eigenvalue weighted by atomic mass is 10.1. The van der Waals surface area contributed by atoms with Crippen LogP contribution in [-0.2, 0) is 6.42 Å². The van der Waals surface area contributed by atoms with Crippen LogP contribution in [0.4, 0.5) is 21.9 Å². The van der Waals surface area contributed by atoms with Crippen molar-refractivity contribution in [2.75, 3.05) is 22.1 Å². The Hall–Kier alpha value is -3.67. The summed E-state index contributed by atoms with van der Waals surface area (Å²) in [7, 11) is 0. The number of hydrogen-bond acceptors (Lipinski definition) is 3. The molecule has 0 radical (unpaired) electrons. The van der Waals surface area contributed by atoms with E-state index in [9.17, 15) is 9.59 Å². The van der Waals surface area contributed by atoms with Gasteiger partial charge in [0.25, 0.3) is 5.91 Å². The first kappa shape index (κ1) is 16.8. The average molecular weight is 358 g/mol. The Morgan fingerprint density at radius 2 is 1.74 bits per heavy atom. The van der Waals surface area contributed by atoms with E-state index < -0.39 is 0 Å². The number of hydrogen-bond donors (Lipinski definition) is 2. The lowest BCUT2D eigenvalue weighted by Crippen LogP contribution is -2.29. The van der Waals surface area contributed by atoms with Crippen LogP contribution in [0, 0.1) is 0 Å². The minimum Gasteiger partial charge on any atom is -0.308 e. The number of fused-ring (bicyclic) bond motifs is 1. The Labute approximate surface area is 156 Å². The Morgan fingerprint density at radius 3 is 2.52 bits per heavy atom. The van der Waals surface area contributed by atoms with Crippen molar-refractivity contribution in [2.45, 2.75) is 6.42 Å². The van der Waals surface area contributed by atoms with E-state index in [4.69, 9.17) is 0 Å². The smallest absolute Gasteiger partial charge is 0.308 e. The van der Waals surface area contributed by atoms with E-state index in [1.165, 1.54) is 0 Å². The van der Waals surface area contributed by atoms with Gasteiger partial charge in [0.05, 0.1) is 5.56 Å². The van der Waals surface area contributed by atoms with E-state index in [1.54, 1.807) is 29.4 Å². The Balaban J connectivity index is 1.51. The summed E-state index contributed by atoms with van der Waals surface area (Å²) in [6, 6.07) is 18.0. The van der Waals surface area contributed by atoms with E-state index in [0.29, 0.717) is 23.5 Å². The number of urea groups is 1. The Kier molecular flexibility index (Phi) is 4.53. The zero-order valence-electron chi connectivity index (χ0n) is 14.6. The van der Waals surface area contributed by atoms with Crippen LogP contribution in [-0.4, -0.2) is 23.5 Å². The number of nitrogens with one attached hydrogen (secondary N) is 2. The molecule has 3 amide bonds. The van der Waals surface area contributed by atoms with E-state index in [-0.39, 0.29) is 11.9 Å². The van der Waals surface area contributed by atoms with Crippen molar-refractivity contribution in [1.82, 2.24) is 4.98 Å². The maximum absolute atomic E-state index is 12.8. The molecule has 0 saturated carbocycles. The van der Waals surface area contributed by atoms with Crippen molar-refractivity contribution in [3.63, 3.8) is 0 Å². The molecule has 6 nitrogen and oxygen atoms in total. The molecule has 0 aliphatic carbocycles. The fraction of sp³-hybridized carbons (Fsp3) is 0.0952. The van der Waals surface area contributed by atoms with Crippen molar-refractivity contribution in [1.29, 1.82) is 0 Å². The van der Waals surface area contributed by atoms with Gasteiger partial charge in [-0.1, -0.05) is 24.3 Å². The van der Waals surface area contributed by atoms with Gasteiger partial charge in [-0.05, 0) is 48.4 Å². The van der Waals surface area contributed by atoms with Gasteiger partial charge >= 0.3 is 6.03 Å². The topological polar surface area (TPSA) is 74.3 Å². The monoisotopic (exact) mass is 358 g/mol. The van der Waals surface area contributed by atoms with E-state index >= 15 is 0 Å². The summed E-state index contributed by atoms with van der Waals surface area (Å²) >= 11 is 0. The summed E-state index contributed by atoms with van der Waals surface area (Å²) in [6.07, 6.45) is 4.00. The highest BCUT2D eigenvalue weighted by molar-refractivity contribution is 6.08. The van der Waals surface area contributed by atoms with Gasteiger partial charge in [0.15, 0.2) is 0 Å². The summed E-state index contributed by atoms with van der Waals surface area (Å²) in [6.45, 7) is 0.614. The molecule has 0 fully saturated rings. The second-order valence-electron chi connectivity index (χ2n) is 6.24. The van der Waals surface area contributed by atoms with Crippen LogP contribution in [0.2, 0.25) is 0 Å². The van der Waals surface area contributed by atoms with Crippen molar-refractivity contribution in [3.8, 4) is 0 Å². The normalized spacial score (nSPS) is 12.4. The Bertz CT molecular complexity index is 974. The number of carbonyl (C=O) groups excluding carboxylic acids is 2. The maximum atomic E-state index is 12.8. The molecule has 4 rings (SSSR count). The van der Waals surface area contributed by atoms with Gasteiger partial charge in [0, 0.05) is 36.0 Å². The van der Waals surface area contributed by atoms with Crippen molar-refractivity contribution in [3.05, 3.63) is 84.2 Å². The summed E-state index contributed by atoms with van der Waals surface area (Å²) in [4.78, 5) is 30.7. The zero-order valence-corrected chi connectivity index (χ0v) is 14.6. The molecule has 0 unspecified atom stereocenters. The number of aromatic nitrogens is 1. The zero-order chi connectivity index (χ0) is 18.6. The van der Waals surface area contributed by atoms with Gasteiger partial charge < -0.3 is 15.5 Å². The summed E-state index contributed by atoms with van der Waals surface area (Å²) < 4.78 is 0. The highest BCUT2D eigenvalue weighted by atomic mass is 16.2. The molecule has 2 aromatic carbocycles. The lowest BCUT2D eigenvalue weighted by Gasteiger charge is -2.18. The van der Waals surface area contributed by atoms with Crippen LogP contribution in [0.3, 0.4) is 0 Å². The lowest BCUT2D eigenvalue weighted by molar-refractivity contribution is 0.0989. The van der Waals surface area contributed by atoms with Gasteiger partial charge in [-0.25, -0.2) is 4.79 Å². The van der Waals surface area contributed by atoms with Gasteiger partial charge in [0.2, 0.25) is 0 Å². The van der Waals surface area contributed by atoms with Crippen LogP contribution >= 0.6 is 0 Å². The second-order valence-corrected chi connectivity index (χ2v) is 6.24. The minimum atomic E-state index is -0.329. The summed E-state index contributed by atoms with van der Waals surface area (Å²) in [5.74, 6) is -0.0901. The third kappa shape index (κ3) is 3.64. The number of para-hydroxylation sites is 1. The summed E-state index contributed by atoms with van der Waals surface area (Å²) in [5, 5.41) is 5.60. The second kappa shape index (κ2) is 7.29. The van der Waals surface area contributed by atoms with Crippen molar-refractivity contribution in [2.24, 2.45) is 0 Å². The van der Waals surface area contributed by atoms with Crippen molar-refractivity contribution >= 4 is 29.0 Å². The molecule has 2 heterocycles. The van der Waals surface area contributed by atoms with Crippen LogP contribution in [0.1, 0.15) is 15.9 Å². The molecule has 1 aromatic heterocycles. The largest absolute Gasteiger partial charge is 0.323 e. The number of pyridine rings is 1. The highest BCUT2D eigenvalue weighted by Gasteiger charge is 2.26. The first-order valence-corrected chi connectivity index (χ1v) is 8.68. The molecule has 0 saturated heterocycles. The van der Waals surface area contributed by atoms with Crippen LogP contribution in [0.5, 0.6) is 0 Å². The molecule has 6 heteroatoms. The standard InChI is InChI=1S/C21H18N4O2/c26-20(16-5-4-11-22-14-16)25-12-10-15-8-9-18(13-19(15)25)24-21(27)23-17-6-2-1-3-7-17/h1-9,11,13-14H,10,12H2,(H2,23,24,27). The molecule has 0 spiro atoms. The Morgan fingerprint density at radius 1 is 0.926 bits per heavy atom. The predicted octanol–water partition coefficient (Wildman–Crippen LogP) is 3.93. The van der Waals surface area contributed by atoms with E-state index in [2.05, 4.69) is 15.6 Å². The number of amides is 3. The molecular weight excluding hydrogens is 340 g/mol. The SMILES string of the molecule is O=C(Nc1ccccc1)Nc1ccc2c(c1)N(C(=O)c1cccnc1)CC2. The third-order valence-corrected chi connectivity index (χ3v) is 4.42. The van der Waals surface area contributed by atoms with Crippen molar-refractivity contribution < 1.29 is 9.59 Å². The summed E-state index contributed by atoms with van der Waals surface area (Å²) in [5.41, 5.74) is 3.80. The van der Waals surface area contributed by atoms with Crippen LogP contribution in [0.15, 0.2) is 73.1 Å². The molecule has 134 valence electrons. The first-order valence-electron chi connectivity index (χ1n) is 8.68. The molecule has 27 heavy (non-hydrogen) atoms. The van der Waals surface area contributed by atoms with Crippen LogP contribution in [0.25, 0.3) is 0 Å². The number of rotatable bonds is 3. The molecule has 3 aromatic rings. The van der Waals surface area contributed by atoms with Gasteiger partial charge in [-0.3, -0.25) is 9.78 Å². The first-order chi connectivity index (χ1) is 13.2. The molecular formula is C21H18N4O2. The number of anilines is 3. The number of benzene rings is 2. The highest BCUT2D eigenvalue weighted by Crippen LogP contribution is 2.32. The van der Waals surface area contributed by atoms with Crippen LogP contribution < -0.4 is 15.5 Å². The molecule has 2 N–H and O–H groups in total. The maximum Gasteiger partial charge on any atom is 0.323 e. The van der Waals surface area contributed by atoms with E-state index in [1.807, 2.05) is 48.5 Å². The molecule has 0 atom stereocenters.